The highest BCUT2D eigenvalue weighted by Crippen LogP contribution is 2.31. The van der Waals surface area contributed by atoms with E-state index < -0.39 is 10.0 Å². The number of nitrogens with zero attached hydrogens (tertiary/aromatic N) is 2. The van der Waals surface area contributed by atoms with Crippen LogP contribution in [-0.4, -0.2) is 44.3 Å². The first-order valence-corrected chi connectivity index (χ1v) is 14.0. The average molecular weight is 545 g/mol. The maximum Gasteiger partial charge on any atom is 0.243 e. The largest absolute Gasteiger partial charge is 0.493 e. The first kappa shape index (κ1) is 27.9. The van der Waals surface area contributed by atoms with Gasteiger partial charge in [0.05, 0.1) is 25.7 Å². The van der Waals surface area contributed by atoms with Gasteiger partial charge < -0.3 is 14.4 Å². The number of carbonyl (C=O) groups excluding carboxylic acids is 1. The van der Waals surface area contributed by atoms with Crippen LogP contribution in [0.25, 0.3) is 0 Å². The summed E-state index contributed by atoms with van der Waals surface area (Å²) in [4.78, 5) is 15.5. The highest BCUT2D eigenvalue weighted by Gasteiger charge is 2.30. The van der Waals surface area contributed by atoms with Crippen LogP contribution in [0.2, 0.25) is 0 Å². The van der Waals surface area contributed by atoms with E-state index in [-0.39, 0.29) is 23.9 Å². The molecular weight excluding hydrogens is 512 g/mol. The molecule has 0 unspecified atom stereocenters. The summed E-state index contributed by atoms with van der Waals surface area (Å²) in [5.74, 6) is 0.404. The van der Waals surface area contributed by atoms with Crippen molar-refractivity contribution in [2.24, 2.45) is 0 Å². The minimum atomic E-state index is -4.08. The standard InChI is InChI=1S/C31H32N2O5S/c1-37-29-19-18-28(20-30(29)38-2)39(35,36)33(23-27-16-10-5-11-17-27)24-31(34)32(21-25-12-6-3-7-13-25)22-26-14-8-4-9-15-26/h3-20H,21-24H2,1-2H3. The van der Waals surface area contributed by atoms with Crippen molar-refractivity contribution in [2.45, 2.75) is 24.5 Å². The fraction of sp³-hybridized carbons (Fsp3) is 0.194. The van der Waals surface area contributed by atoms with Crippen molar-refractivity contribution in [2.75, 3.05) is 20.8 Å². The lowest BCUT2D eigenvalue weighted by atomic mass is 10.1. The van der Waals surface area contributed by atoms with Crippen molar-refractivity contribution in [3.63, 3.8) is 0 Å². The first-order chi connectivity index (χ1) is 18.9. The summed E-state index contributed by atoms with van der Waals surface area (Å²) in [6.07, 6.45) is 0. The molecule has 0 radical (unpaired) electrons. The third-order valence-electron chi connectivity index (χ3n) is 6.29. The second-order valence-electron chi connectivity index (χ2n) is 9.00. The molecule has 0 fully saturated rings. The molecule has 7 nitrogen and oxygen atoms in total. The molecule has 0 aliphatic rings. The van der Waals surface area contributed by atoms with Crippen LogP contribution in [0.3, 0.4) is 0 Å². The number of amides is 1. The zero-order valence-electron chi connectivity index (χ0n) is 22.1. The number of carbonyl (C=O) groups is 1. The monoisotopic (exact) mass is 544 g/mol. The van der Waals surface area contributed by atoms with Crippen LogP contribution in [0.5, 0.6) is 11.5 Å². The summed E-state index contributed by atoms with van der Waals surface area (Å²) < 4.78 is 39.7. The molecule has 0 atom stereocenters. The van der Waals surface area contributed by atoms with Gasteiger partial charge in [-0.05, 0) is 28.8 Å². The van der Waals surface area contributed by atoms with Gasteiger partial charge in [-0.15, -0.1) is 0 Å². The number of benzene rings is 4. The molecule has 0 heterocycles. The number of ether oxygens (including phenoxy) is 2. The Labute approximate surface area is 230 Å². The van der Waals surface area contributed by atoms with Gasteiger partial charge in [0.1, 0.15) is 0 Å². The van der Waals surface area contributed by atoms with Gasteiger partial charge in [-0.3, -0.25) is 4.79 Å². The maximum atomic E-state index is 13.9. The van der Waals surface area contributed by atoms with Crippen LogP contribution in [0, 0.1) is 0 Å². The van der Waals surface area contributed by atoms with Crippen LogP contribution in [0.4, 0.5) is 0 Å². The van der Waals surface area contributed by atoms with E-state index in [1.54, 1.807) is 11.0 Å². The molecule has 39 heavy (non-hydrogen) atoms. The molecular formula is C31H32N2O5S. The number of rotatable bonds is 12. The van der Waals surface area contributed by atoms with E-state index in [1.807, 2.05) is 91.0 Å². The van der Waals surface area contributed by atoms with Gasteiger partial charge >= 0.3 is 0 Å². The van der Waals surface area contributed by atoms with Crippen molar-refractivity contribution in [1.82, 2.24) is 9.21 Å². The molecule has 0 saturated carbocycles. The molecule has 0 N–H and O–H groups in total. The molecule has 0 aromatic heterocycles. The predicted molar refractivity (Wildman–Crippen MR) is 151 cm³/mol. The van der Waals surface area contributed by atoms with Gasteiger partial charge in [-0.25, -0.2) is 8.42 Å². The van der Waals surface area contributed by atoms with Gasteiger partial charge in [0.2, 0.25) is 15.9 Å². The first-order valence-electron chi connectivity index (χ1n) is 12.5. The van der Waals surface area contributed by atoms with Gasteiger partial charge in [0.25, 0.3) is 0 Å². The van der Waals surface area contributed by atoms with Gasteiger partial charge in [0.15, 0.2) is 11.5 Å². The van der Waals surface area contributed by atoms with E-state index in [0.717, 1.165) is 16.7 Å². The van der Waals surface area contributed by atoms with Gasteiger partial charge in [-0.2, -0.15) is 4.31 Å². The molecule has 0 bridgehead atoms. The van der Waals surface area contributed by atoms with E-state index >= 15 is 0 Å². The summed E-state index contributed by atoms with van der Waals surface area (Å²) in [5.41, 5.74) is 2.69. The molecule has 8 heteroatoms. The molecule has 4 rings (SSSR count). The SMILES string of the molecule is COc1ccc(S(=O)(=O)N(CC(=O)N(Cc2ccccc2)Cc2ccccc2)Cc2ccccc2)cc1OC. The summed E-state index contributed by atoms with van der Waals surface area (Å²) in [6.45, 7) is 0.410. The van der Waals surface area contributed by atoms with E-state index in [0.29, 0.717) is 24.6 Å². The second kappa shape index (κ2) is 13.1. The Morgan fingerprint density at radius 3 is 1.56 bits per heavy atom. The smallest absolute Gasteiger partial charge is 0.243 e. The zero-order valence-corrected chi connectivity index (χ0v) is 22.9. The van der Waals surface area contributed by atoms with E-state index in [4.69, 9.17) is 9.47 Å². The van der Waals surface area contributed by atoms with E-state index in [9.17, 15) is 13.2 Å². The molecule has 202 valence electrons. The summed E-state index contributed by atoms with van der Waals surface area (Å²) in [7, 11) is -1.15. The summed E-state index contributed by atoms with van der Waals surface area (Å²) in [6, 6.07) is 33.0. The van der Waals surface area contributed by atoms with Crippen molar-refractivity contribution in [3.05, 3.63) is 126 Å². The van der Waals surface area contributed by atoms with Crippen LogP contribution in [0.15, 0.2) is 114 Å². The summed E-state index contributed by atoms with van der Waals surface area (Å²) in [5, 5.41) is 0. The number of sulfonamides is 1. The Morgan fingerprint density at radius 2 is 1.10 bits per heavy atom. The van der Waals surface area contributed by atoms with Crippen LogP contribution < -0.4 is 9.47 Å². The van der Waals surface area contributed by atoms with Crippen LogP contribution in [-0.2, 0) is 34.5 Å². The molecule has 0 spiro atoms. The Kier molecular flexibility index (Phi) is 9.35. The Hall–Kier alpha value is -4.14. The lowest BCUT2D eigenvalue weighted by Gasteiger charge is -2.28. The van der Waals surface area contributed by atoms with Crippen molar-refractivity contribution >= 4 is 15.9 Å². The highest BCUT2D eigenvalue weighted by molar-refractivity contribution is 7.89. The van der Waals surface area contributed by atoms with Gasteiger partial charge in [0, 0.05) is 25.7 Å². The fourth-order valence-electron chi connectivity index (χ4n) is 4.23. The number of hydrogen-bond acceptors (Lipinski definition) is 5. The second-order valence-corrected chi connectivity index (χ2v) is 10.9. The normalized spacial score (nSPS) is 11.3. The fourth-order valence-corrected chi connectivity index (χ4v) is 5.62. The Bertz CT molecular complexity index is 1420. The molecule has 4 aromatic rings. The third-order valence-corrected chi connectivity index (χ3v) is 8.08. The Balaban J connectivity index is 1.67. The molecule has 1 amide bonds. The van der Waals surface area contributed by atoms with Crippen molar-refractivity contribution in [3.8, 4) is 11.5 Å². The van der Waals surface area contributed by atoms with E-state index in [2.05, 4.69) is 0 Å². The lowest BCUT2D eigenvalue weighted by Crippen LogP contribution is -2.42. The Morgan fingerprint density at radius 1 is 0.641 bits per heavy atom. The van der Waals surface area contributed by atoms with Crippen molar-refractivity contribution in [1.29, 1.82) is 0 Å². The van der Waals surface area contributed by atoms with Crippen LogP contribution in [0.1, 0.15) is 16.7 Å². The minimum Gasteiger partial charge on any atom is -0.493 e. The molecule has 0 aliphatic heterocycles. The molecule has 0 saturated heterocycles. The van der Waals surface area contributed by atoms with Gasteiger partial charge in [-0.1, -0.05) is 91.0 Å². The molecule has 0 aliphatic carbocycles. The minimum absolute atomic E-state index is 0.0153. The third kappa shape index (κ3) is 7.25. The van der Waals surface area contributed by atoms with Crippen LogP contribution >= 0.6 is 0 Å². The quantitative estimate of drug-likeness (QED) is 0.247. The van der Waals surface area contributed by atoms with Crippen molar-refractivity contribution < 1.29 is 22.7 Å². The lowest BCUT2D eigenvalue weighted by molar-refractivity contribution is -0.132. The predicted octanol–water partition coefficient (Wildman–Crippen LogP) is 5.12. The number of methoxy groups -OCH3 is 2. The van der Waals surface area contributed by atoms with E-state index in [1.165, 1.54) is 30.7 Å². The number of hydrogen-bond donors (Lipinski definition) is 0. The topological polar surface area (TPSA) is 76.2 Å². The zero-order chi connectivity index (χ0) is 27.7. The molecule has 4 aromatic carbocycles. The summed E-state index contributed by atoms with van der Waals surface area (Å²) >= 11 is 0. The average Bonchev–Trinajstić information content (AvgIpc) is 2.97. The highest BCUT2D eigenvalue weighted by atomic mass is 32.2. The maximum absolute atomic E-state index is 13.9.